The summed E-state index contributed by atoms with van der Waals surface area (Å²) >= 11 is 6.07. The molecule has 0 bridgehead atoms. The van der Waals surface area contributed by atoms with Crippen molar-refractivity contribution >= 4 is 28.9 Å². The van der Waals surface area contributed by atoms with Crippen LogP contribution in [0.2, 0.25) is 5.02 Å². The number of ether oxygens (including phenoxy) is 1. The van der Waals surface area contributed by atoms with Crippen molar-refractivity contribution in [1.82, 2.24) is 10.7 Å². The molecule has 2 aromatic rings. The largest absolute Gasteiger partial charge is 0.491 e. The number of β-amino-alcohol motifs (C(OH)–C–C–N with tert-alkyl or cyclic N) is 1. The van der Waals surface area contributed by atoms with Gasteiger partial charge in [-0.25, -0.2) is 5.43 Å². The lowest BCUT2D eigenvalue weighted by Crippen LogP contribution is -2.49. The zero-order valence-electron chi connectivity index (χ0n) is 19.5. The number of rotatable bonds is 11. The van der Waals surface area contributed by atoms with Crippen LogP contribution in [0.3, 0.4) is 0 Å². The molecule has 4 N–H and O–H groups in total. The molecule has 0 fully saturated rings. The number of amides is 1. The minimum Gasteiger partial charge on any atom is -0.491 e. The maximum Gasteiger partial charge on any atom is 0.240 e. The zero-order chi connectivity index (χ0) is 23.8. The predicted octanol–water partition coefficient (Wildman–Crippen LogP) is 3.74. The van der Waals surface area contributed by atoms with Crippen molar-refractivity contribution in [2.75, 3.05) is 25.0 Å². The van der Waals surface area contributed by atoms with Gasteiger partial charge in [0.1, 0.15) is 18.5 Å². The topological polar surface area (TPSA) is 95.0 Å². The average Bonchev–Trinajstić information content (AvgIpc) is 2.81. The molecule has 0 saturated heterocycles. The molecular formula is C25H33ClN4O3. The van der Waals surface area contributed by atoms with Crippen LogP contribution < -0.4 is 20.8 Å². The summed E-state index contributed by atoms with van der Waals surface area (Å²) in [7, 11) is 0. The van der Waals surface area contributed by atoms with Crippen molar-refractivity contribution in [3.63, 3.8) is 0 Å². The third-order valence-corrected chi connectivity index (χ3v) is 5.75. The number of halogens is 1. The van der Waals surface area contributed by atoms with Crippen LogP contribution in [0.15, 0.2) is 47.6 Å². The molecule has 0 spiro atoms. The molecule has 0 aromatic heterocycles. The quantitative estimate of drug-likeness (QED) is 0.399. The van der Waals surface area contributed by atoms with Gasteiger partial charge in [0.2, 0.25) is 5.91 Å². The molecule has 178 valence electrons. The molecule has 2 aromatic carbocycles. The van der Waals surface area contributed by atoms with Crippen LogP contribution >= 0.6 is 11.6 Å². The van der Waals surface area contributed by atoms with Crippen molar-refractivity contribution in [3.05, 3.63) is 58.6 Å². The second kappa shape index (κ2) is 11.5. The fraction of sp³-hybridized carbons (Fsp3) is 0.440. The fourth-order valence-electron chi connectivity index (χ4n) is 3.44. The summed E-state index contributed by atoms with van der Waals surface area (Å²) in [6.45, 7) is 7.48. The minimum atomic E-state index is -0.649. The summed E-state index contributed by atoms with van der Waals surface area (Å²) in [4.78, 5) is 11.2. The summed E-state index contributed by atoms with van der Waals surface area (Å²) in [5.74, 6) is 0.675. The first-order valence-electron chi connectivity index (χ1n) is 11.3. The highest BCUT2D eigenvalue weighted by Crippen LogP contribution is 2.24. The second-order valence-corrected chi connectivity index (χ2v) is 9.30. The molecule has 0 radical (unpaired) electrons. The molecule has 1 amide bonds. The molecule has 3 rings (SSSR count). The summed E-state index contributed by atoms with van der Waals surface area (Å²) in [5.41, 5.74) is 6.24. The molecule has 0 saturated carbocycles. The van der Waals surface area contributed by atoms with Crippen LogP contribution in [0.5, 0.6) is 5.75 Å². The van der Waals surface area contributed by atoms with E-state index in [-0.39, 0.29) is 18.1 Å². The van der Waals surface area contributed by atoms with Gasteiger partial charge in [-0.2, -0.15) is 5.10 Å². The molecule has 1 aliphatic heterocycles. The number of hydrogen-bond acceptors (Lipinski definition) is 6. The van der Waals surface area contributed by atoms with Gasteiger partial charge in [-0.3, -0.25) is 4.79 Å². The Morgan fingerprint density at radius 1 is 1.21 bits per heavy atom. The molecule has 8 heteroatoms. The van der Waals surface area contributed by atoms with Gasteiger partial charge in [0.25, 0.3) is 0 Å². The number of hydrazone groups is 1. The second-order valence-electron chi connectivity index (χ2n) is 8.86. The normalized spacial score (nSPS) is 14.9. The van der Waals surface area contributed by atoms with Crippen molar-refractivity contribution in [2.24, 2.45) is 5.10 Å². The van der Waals surface area contributed by atoms with E-state index in [4.69, 9.17) is 16.3 Å². The summed E-state index contributed by atoms with van der Waals surface area (Å²) in [6.07, 6.45) is 1.31. The Hall–Kier alpha value is -2.61. The SMILES string of the molecule is CCc1ccc(Cl)cc1OC[C@@H](O)CNC(C)(C)CNc1ccc(C2=NNC(=O)CC2)cc1. The molecule has 0 aliphatic carbocycles. The van der Waals surface area contributed by atoms with Crippen LogP contribution in [-0.2, 0) is 11.2 Å². The fourth-order valence-corrected chi connectivity index (χ4v) is 3.60. The number of carbonyl (C=O) groups is 1. The maximum atomic E-state index is 11.2. The van der Waals surface area contributed by atoms with E-state index in [2.05, 4.69) is 41.9 Å². The van der Waals surface area contributed by atoms with E-state index in [1.54, 1.807) is 6.07 Å². The van der Waals surface area contributed by atoms with Crippen LogP contribution in [0.1, 0.15) is 44.7 Å². The van der Waals surface area contributed by atoms with Crippen LogP contribution in [0.25, 0.3) is 0 Å². The number of aryl methyl sites for hydroxylation is 1. The summed E-state index contributed by atoms with van der Waals surface area (Å²) < 4.78 is 5.81. The molecule has 0 unspecified atom stereocenters. The minimum absolute atomic E-state index is 0.0429. The van der Waals surface area contributed by atoms with Gasteiger partial charge in [0, 0.05) is 42.2 Å². The lowest BCUT2D eigenvalue weighted by molar-refractivity contribution is -0.121. The van der Waals surface area contributed by atoms with Crippen molar-refractivity contribution in [1.29, 1.82) is 0 Å². The van der Waals surface area contributed by atoms with Gasteiger partial charge in [-0.1, -0.05) is 36.7 Å². The Bertz CT molecular complexity index is 976. The van der Waals surface area contributed by atoms with Crippen molar-refractivity contribution in [3.8, 4) is 5.75 Å². The van der Waals surface area contributed by atoms with Crippen molar-refractivity contribution in [2.45, 2.75) is 51.7 Å². The predicted molar refractivity (Wildman–Crippen MR) is 133 cm³/mol. The Labute approximate surface area is 200 Å². The lowest BCUT2D eigenvalue weighted by atomic mass is 10.0. The van der Waals surface area contributed by atoms with Gasteiger partial charge in [0.05, 0.1) is 5.71 Å². The number of hydrogen-bond donors (Lipinski definition) is 4. The van der Waals surface area contributed by atoms with E-state index in [1.165, 1.54) is 0 Å². The van der Waals surface area contributed by atoms with Gasteiger partial charge >= 0.3 is 0 Å². The Morgan fingerprint density at radius 2 is 1.97 bits per heavy atom. The number of anilines is 1. The van der Waals surface area contributed by atoms with Gasteiger partial charge in [-0.15, -0.1) is 0 Å². The smallest absolute Gasteiger partial charge is 0.240 e. The third-order valence-electron chi connectivity index (χ3n) is 5.51. The Kier molecular flexibility index (Phi) is 8.72. The molecule has 33 heavy (non-hydrogen) atoms. The highest BCUT2D eigenvalue weighted by atomic mass is 35.5. The third kappa shape index (κ3) is 7.74. The van der Waals surface area contributed by atoms with Crippen LogP contribution in [0, 0.1) is 0 Å². The van der Waals surface area contributed by atoms with E-state index < -0.39 is 6.10 Å². The number of nitrogens with zero attached hydrogens (tertiary/aromatic N) is 1. The number of nitrogens with one attached hydrogen (secondary N) is 3. The van der Waals surface area contributed by atoms with Crippen molar-refractivity contribution < 1.29 is 14.6 Å². The first-order valence-corrected chi connectivity index (χ1v) is 11.7. The maximum absolute atomic E-state index is 11.2. The Balaban J connectivity index is 1.43. The number of carbonyl (C=O) groups excluding carboxylic acids is 1. The monoisotopic (exact) mass is 472 g/mol. The van der Waals surface area contributed by atoms with E-state index in [9.17, 15) is 9.90 Å². The number of aliphatic hydroxyl groups is 1. The van der Waals surface area contributed by atoms with E-state index in [0.29, 0.717) is 31.0 Å². The summed E-state index contributed by atoms with van der Waals surface area (Å²) in [5, 5.41) is 22.0. The average molecular weight is 473 g/mol. The highest BCUT2D eigenvalue weighted by molar-refractivity contribution is 6.30. The van der Waals surface area contributed by atoms with E-state index >= 15 is 0 Å². The van der Waals surface area contributed by atoms with E-state index in [1.807, 2.05) is 36.4 Å². The van der Waals surface area contributed by atoms with Crippen LogP contribution in [0.4, 0.5) is 5.69 Å². The summed E-state index contributed by atoms with van der Waals surface area (Å²) in [6, 6.07) is 13.6. The first kappa shape index (κ1) is 25.0. The zero-order valence-corrected chi connectivity index (χ0v) is 20.2. The standard InChI is InChI=1S/C25H33ClN4O3/c1-4-17-5-8-19(26)13-23(17)33-15-21(31)14-28-25(2,3)16-27-20-9-6-18(7-10-20)22-11-12-24(32)30-29-22/h5-10,13,21,27-28,31H,4,11-12,14-16H2,1-3H3,(H,30,32)/t21-/m0/s1. The number of aliphatic hydroxyl groups excluding tert-OH is 1. The molecule has 1 atom stereocenters. The lowest BCUT2D eigenvalue weighted by Gasteiger charge is -2.28. The molecular weight excluding hydrogens is 440 g/mol. The van der Waals surface area contributed by atoms with Gasteiger partial charge in [0.15, 0.2) is 0 Å². The molecule has 7 nitrogen and oxygen atoms in total. The number of benzene rings is 2. The van der Waals surface area contributed by atoms with Gasteiger partial charge in [-0.05, 0) is 55.7 Å². The Morgan fingerprint density at radius 3 is 2.64 bits per heavy atom. The highest BCUT2D eigenvalue weighted by Gasteiger charge is 2.19. The first-order chi connectivity index (χ1) is 15.8. The van der Waals surface area contributed by atoms with Crippen LogP contribution in [-0.4, -0.2) is 48.1 Å². The van der Waals surface area contributed by atoms with Gasteiger partial charge < -0.3 is 20.5 Å². The molecule has 1 aliphatic rings. The molecule has 1 heterocycles. The van der Waals surface area contributed by atoms with E-state index in [0.717, 1.165) is 34.7 Å².